The molecular weight excluding hydrogens is 310 g/mol. The first-order valence-electron chi connectivity index (χ1n) is 7.74. The van der Waals surface area contributed by atoms with Gasteiger partial charge in [-0.15, -0.1) is 0 Å². The number of nitrogens with zero attached hydrogens (tertiary/aromatic N) is 1. The Labute approximate surface area is 140 Å². The normalized spacial score (nSPS) is 15.2. The fourth-order valence-corrected chi connectivity index (χ4v) is 2.68. The van der Waals surface area contributed by atoms with Crippen molar-refractivity contribution in [1.82, 2.24) is 5.32 Å². The van der Waals surface area contributed by atoms with Gasteiger partial charge in [0.25, 0.3) is 0 Å². The zero-order chi connectivity index (χ0) is 17.5. The summed E-state index contributed by atoms with van der Waals surface area (Å²) in [6.45, 7) is 0. The molecule has 1 aliphatic rings. The first kappa shape index (κ1) is 17.5. The van der Waals surface area contributed by atoms with E-state index in [2.05, 4.69) is 15.4 Å². The second kappa shape index (κ2) is 8.11. The minimum Gasteiger partial charge on any atom is -0.453 e. The lowest BCUT2D eigenvalue weighted by Crippen LogP contribution is -2.39. The van der Waals surface area contributed by atoms with Crippen molar-refractivity contribution in [2.45, 2.75) is 31.7 Å². The van der Waals surface area contributed by atoms with Gasteiger partial charge in [-0.2, -0.15) is 5.26 Å². The van der Waals surface area contributed by atoms with E-state index in [1.54, 1.807) is 18.2 Å². The predicted octanol–water partition coefficient (Wildman–Crippen LogP) is 2.25. The van der Waals surface area contributed by atoms with Gasteiger partial charge in [0.1, 0.15) is 0 Å². The molecule has 1 aromatic carbocycles. The summed E-state index contributed by atoms with van der Waals surface area (Å²) in [6, 6.07) is 7.85. The number of ketones is 1. The largest absolute Gasteiger partial charge is 0.453 e. The monoisotopic (exact) mass is 329 g/mol. The third-order valence-corrected chi connectivity index (χ3v) is 3.93. The van der Waals surface area contributed by atoms with Gasteiger partial charge in [0.2, 0.25) is 5.91 Å². The van der Waals surface area contributed by atoms with Crippen LogP contribution >= 0.6 is 0 Å². The van der Waals surface area contributed by atoms with Crippen LogP contribution in [0.2, 0.25) is 0 Å². The van der Waals surface area contributed by atoms with Gasteiger partial charge in [0.05, 0.1) is 13.2 Å². The second-order valence-electron chi connectivity index (χ2n) is 5.61. The molecule has 2 amide bonds. The van der Waals surface area contributed by atoms with Crippen molar-refractivity contribution < 1.29 is 19.1 Å². The smallest absolute Gasteiger partial charge is 0.411 e. The molecule has 1 atom stereocenters. The molecule has 0 bridgehead atoms. The molecule has 1 aromatic rings. The van der Waals surface area contributed by atoms with E-state index in [0.717, 1.165) is 25.7 Å². The average Bonchev–Trinajstić information content (AvgIpc) is 3.08. The topological polar surface area (TPSA) is 108 Å². The van der Waals surface area contributed by atoms with Crippen LogP contribution in [0.5, 0.6) is 0 Å². The quantitative estimate of drug-likeness (QED) is 0.636. The summed E-state index contributed by atoms with van der Waals surface area (Å²) in [4.78, 5) is 35.9. The highest BCUT2D eigenvalue weighted by Gasteiger charge is 2.30. The standard InChI is InChI=1S/C17H19N3O4/c1-24-17(23)20-13-8-4-5-11(9-13)15(21)14(10-18)16(22)19-12-6-2-3-7-12/h4-5,8-9,12,14H,2-3,6-7H2,1H3,(H,19,22)(H,20,23). The Morgan fingerprint density at radius 3 is 2.62 bits per heavy atom. The van der Waals surface area contributed by atoms with E-state index in [0.29, 0.717) is 5.69 Å². The summed E-state index contributed by atoms with van der Waals surface area (Å²) in [7, 11) is 1.23. The van der Waals surface area contributed by atoms with E-state index in [1.807, 2.05) is 0 Å². The number of Topliss-reactive ketones (excluding diaryl/α,β-unsaturated/α-hetero) is 1. The molecule has 2 rings (SSSR count). The average molecular weight is 329 g/mol. The van der Waals surface area contributed by atoms with Crippen LogP contribution in [-0.4, -0.2) is 30.9 Å². The molecule has 0 heterocycles. The number of ether oxygens (including phenoxy) is 1. The number of nitrogens with one attached hydrogen (secondary N) is 2. The highest BCUT2D eigenvalue weighted by atomic mass is 16.5. The molecule has 0 aliphatic heterocycles. The summed E-state index contributed by atoms with van der Waals surface area (Å²) >= 11 is 0. The third-order valence-electron chi connectivity index (χ3n) is 3.93. The minimum atomic E-state index is -1.40. The Balaban J connectivity index is 2.10. The molecule has 7 nitrogen and oxygen atoms in total. The van der Waals surface area contributed by atoms with Crippen LogP contribution in [0.4, 0.5) is 10.5 Å². The van der Waals surface area contributed by atoms with Crippen LogP contribution in [0.25, 0.3) is 0 Å². The molecule has 0 saturated heterocycles. The van der Waals surface area contributed by atoms with E-state index >= 15 is 0 Å². The van der Waals surface area contributed by atoms with Gasteiger partial charge in [-0.3, -0.25) is 14.9 Å². The van der Waals surface area contributed by atoms with Crippen molar-refractivity contribution in [2.75, 3.05) is 12.4 Å². The molecule has 0 aromatic heterocycles. The lowest BCUT2D eigenvalue weighted by molar-refractivity contribution is -0.122. The number of carbonyl (C=O) groups is 3. The SMILES string of the molecule is COC(=O)Nc1cccc(C(=O)C(C#N)C(=O)NC2CCCC2)c1. The minimum absolute atomic E-state index is 0.0356. The molecule has 1 saturated carbocycles. The van der Waals surface area contributed by atoms with Gasteiger partial charge in [-0.1, -0.05) is 25.0 Å². The molecule has 126 valence electrons. The number of benzene rings is 1. The van der Waals surface area contributed by atoms with Crippen LogP contribution in [0, 0.1) is 17.2 Å². The molecule has 1 aliphatic carbocycles. The zero-order valence-electron chi connectivity index (χ0n) is 13.4. The number of anilines is 1. The van der Waals surface area contributed by atoms with E-state index < -0.39 is 23.7 Å². The molecule has 0 radical (unpaired) electrons. The fourth-order valence-electron chi connectivity index (χ4n) is 2.68. The summed E-state index contributed by atoms with van der Waals surface area (Å²) in [5, 5.41) is 14.4. The lowest BCUT2D eigenvalue weighted by Gasteiger charge is -2.15. The number of methoxy groups -OCH3 is 1. The van der Waals surface area contributed by atoms with Crippen molar-refractivity contribution in [3.8, 4) is 6.07 Å². The number of amides is 2. The van der Waals surface area contributed by atoms with E-state index in [1.165, 1.54) is 19.2 Å². The Hall–Kier alpha value is -2.88. The molecule has 7 heteroatoms. The second-order valence-corrected chi connectivity index (χ2v) is 5.61. The maximum absolute atomic E-state index is 12.5. The molecule has 0 spiro atoms. The Morgan fingerprint density at radius 1 is 1.29 bits per heavy atom. The maximum atomic E-state index is 12.5. The third kappa shape index (κ3) is 4.32. The van der Waals surface area contributed by atoms with Gasteiger partial charge in [-0.25, -0.2) is 4.79 Å². The zero-order valence-corrected chi connectivity index (χ0v) is 13.4. The van der Waals surface area contributed by atoms with Crippen LogP contribution in [0.3, 0.4) is 0 Å². The highest BCUT2D eigenvalue weighted by molar-refractivity contribution is 6.12. The Bertz CT molecular complexity index is 675. The summed E-state index contributed by atoms with van der Waals surface area (Å²) in [5.74, 6) is -2.57. The van der Waals surface area contributed by atoms with Crippen LogP contribution in [0.1, 0.15) is 36.0 Å². The number of rotatable bonds is 5. The molecular formula is C17H19N3O4. The molecule has 2 N–H and O–H groups in total. The summed E-state index contributed by atoms with van der Waals surface area (Å²) < 4.78 is 4.48. The van der Waals surface area contributed by atoms with Gasteiger partial charge in [0, 0.05) is 17.3 Å². The van der Waals surface area contributed by atoms with Crippen molar-refractivity contribution in [3.05, 3.63) is 29.8 Å². The lowest BCUT2D eigenvalue weighted by atomic mass is 9.97. The fraction of sp³-hybridized carbons (Fsp3) is 0.412. The van der Waals surface area contributed by atoms with Crippen LogP contribution in [0.15, 0.2) is 24.3 Å². The van der Waals surface area contributed by atoms with Gasteiger partial charge >= 0.3 is 6.09 Å². The van der Waals surface area contributed by atoms with Crippen LogP contribution in [-0.2, 0) is 9.53 Å². The Morgan fingerprint density at radius 2 is 2.00 bits per heavy atom. The van der Waals surface area contributed by atoms with E-state index in [-0.39, 0.29) is 11.6 Å². The molecule has 1 unspecified atom stereocenters. The number of carbonyl (C=O) groups excluding carboxylic acids is 3. The highest BCUT2D eigenvalue weighted by Crippen LogP contribution is 2.19. The molecule has 1 fully saturated rings. The first-order valence-corrected chi connectivity index (χ1v) is 7.74. The summed E-state index contributed by atoms with van der Waals surface area (Å²) in [6.07, 6.45) is 3.15. The first-order chi connectivity index (χ1) is 11.5. The van der Waals surface area contributed by atoms with Gasteiger partial charge in [0.15, 0.2) is 11.7 Å². The van der Waals surface area contributed by atoms with Crippen molar-refractivity contribution >= 4 is 23.5 Å². The number of hydrogen-bond donors (Lipinski definition) is 2. The summed E-state index contributed by atoms with van der Waals surface area (Å²) in [5.41, 5.74) is 0.526. The maximum Gasteiger partial charge on any atom is 0.411 e. The van der Waals surface area contributed by atoms with Crippen molar-refractivity contribution in [3.63, 3.8) is 0 Å². The Kier molecular flexibility index (Phi) is 5.90. The number of nitriles is 1. The molecule has 24 heavy (non-hydrogen) atoms. The predicted molar refractivity (Wildman–Crippen MR) is 86.3 cm³/mol. The van der Waals surface area contributed by atoms with Crippen molar-refractivity contribution in [1.29, 1.82) is 5.26 Å². The van der Waals surface area contributed by atoms with Crippen LogP contribution < -0.4 is 10.6 Å². The van der Waals surface area contributed by atoms with Gasteiger partial charge < -0.3 is 10.1 Å². The van der Waals surface area contributed by atoms with Crippen molar-refractivity contribution in [2.24, 2.45) is 5.92 Å². The van der Waals surface area contributed by atoms with E-state index in [9.17, 15) is 19.6 Å². The van der Waals surface area contributed by atoms with Gasteiger partial charge in [-0.05, 0) is 25.0 Å². The number of hydrogen-bond acceptors (Lipinski definition) is 5. The van der Waals surface area contributed by atoms with E-state index in [4.69, 9.17) is 0 Å².